The second kappa shape index (κ2) is 8.74. The Balaban J connectivity index is 0.00000192. The zero-order valence-corrected chi connectivity index (χ0v) is 17.0. The third-order valence-electron chi connectivity index (χ3n) is 3.10. The van der Waals surface area contributed by atoms with Gasteiger partial charge >= 0.3 is 0 Å². The molecule has 124 valence electrons. The van der Waals surface area contributed by atoms with Crippen molar-refractivity contribution in [3.05, 3.63) is 39.0 Å². The Labute approximate surface area is 164 Å². The first-order valence-electron chi connectivity index (χ1n) is 6.91. The summed E-state index contributed by atoms with van der Waals surface area (Å²) in [5, 5.41) is 5.09. The van der Waals surface area contributed by atoms with Crippen molar-refractivity contribution in [2.75, 3.05) is 18.5 Å². The highest BCUT2D eigenvalue weighted by molar-refractivity contribution is 14.0. The lowest BCUT2D eigenvalue weighted by Gasteiger charge is -2.10. The van der Waals surface area contributed by atoms with Gasteiger partial charge in [0.2, 0.25) is 0 Å². The van der Waals surface area contributed by atoms with Crippen LogP contribution in [-0.4, -0.2) is 19.2 Å². The average molecular weight is 510 g/mol. The molecule has 1 aromatic heterocycles. The van der Waals surface area contributed by atoms with Crippen LogP contribution < -0.4 is 20.5 Å². The average Bonchev–Trinajstić information content (AvgIpc) is 2.78. The fourth-order valence-corrected chi connectivity index (χ4v) is 3.42. The normalized spacial score (nSPS) is 13.9. The zero-order chi connectivity index (χ0) is 15.4. The second-order valence-corrected chi connectivity index (χ2v) is 6.59. The van der Waals surface area contributed by atoms with E-state index in [-0.39, 0.29) is 24.0 Å². The molecule has 0 spiro atoms. The van der Waals surface area contributed by atoms with Crippen molar-refractivity contribution in [1.29, 1.82) is 0 Å². The molecule has 0 saturated heterocycles. The molecule has 5 nitrogen and oxygen atoms in total. The predicted octanol–water partition coefficient (Wildman–Crippen LogP) is 4.22. The summed E-state index contributed by atoms with van der Waals surface area (Å²) in [7, 11) is 0. The van der Waals surface area contributed by atoms with E-state index in [1.54, 1.807) is 11.3 Å². The molecule has 1 aromatic carbocycles. The minimum absolute atomic E-state index is 0. The molecule has 0 radical (unpaired) electrons. The van der Waals surface area contributed by atoms with Crippen LogP contribution in [0.25, 0.3) is 0 Å². The van der Waals surface area contributed by atoms with Gasteiger partial charge in [-0.1, -0.05) is 0 Å². The van der Waals surface area contributed by atoms with E-state index in [0.29, 0.717) is 25.7 Å². The summed E-state index contributed by atoms with van der Waals surface area (Å²) in [5.74, 6) is 1.87. The molecule has 1 aliphatic heterocycles. The highest BCUT2D eigenvalue weighted by Gasteiger charge is 2.10. The quantitative estimate of drug-likeness (QED) is 0.369. The number of fused-ring (bicyclic) bond motifs is 1. The number of thiophene rings is 1. The van der Waals surface area contributed by atoms with Gasteiger partial charge in [-0.3, -0.25) is 0 Å². The molecule has 0 fully saturated rings. The Morgan fingerprint density at radius 3 is 2.78 bits per heavy atom. The maximum atomic E-state index is 5.94. The molecule has 2 heterocycles. The van der Waals surface area contributed by atoms with Gasteiger partial charge in [0.1, 0.15) is 0 Å². The number of guanidine groups is 1. The molecule has 3 N–H and O–H groups in total. The number of nitrogens with zero attached hydrogens (tertiary/aromatic N) is 1. The lowest BCUT2D eigenvalue weighted by atomic mass is 10.3. The van der Waals surface area contributed by atoms with Gasteiger partial charge in [0, 0.05) is 27.5 Å². The molecule has 23 heavy (non-hydrogen) atoms. The van der Waals surface area contributed by atoms with Gasteiger partial charge < -0.3 is 20.5 Å². The smallest absolute Gasteiger partial charge is 0.193 e. The first-order chi connectivity index (χ1) is 10.7. The van der Waals surface area contributed by atoms with Crippen LogP contribution in [0.1, 0.15) is 11.3 Å². The van der Waals surface area contributed by atoms with E-state index in [0.717, 1.165) is 33.0 Å². The van der Waals surface area contributed by atoms with E-state index >= 15 is 0 Å². The van der Waals surface area contributed by atoms with Crippen LogP contribution in [0.2, 0.25) is 0 Å². The molecule has 0 bridgehead atoms. The molecular formula is C15H17BrIN3O2S. The number of rotatable bonds is 3. The number of nitrogens with one attached hydrogen (secondary N) is 1. The topological polar surface area (TPSA) is 68.9 Å². The second-order valence-electron chi connectivity index (χ2n) is 4.73. The first-order valence-corrected chi connectivity index (χ1v) is 8.58. The van der Waals surface area contributed by atoms with E-state index in [1.807, 2.05) is 29.6 Å². The molecule has 2 aromatic rings. The Bertz CT molecular complexity index is 693. The number of nitrogens with two attached hydrogens (primary N) is 1. The van der Waals surface area contributed by atoms with Crippen LogP contribution in [0.5, 0.6) is 11.5 Å². The standard InChI is InChI=1S/C15H16BrN3O2S.HI/c16-11-4-7-22-14(11)9-18-15(17)19-10-2-3-12-13(8-10)21-6-1-5-20-12;/h2-4,7-8H,1,5-6,9H2,(H3,17,18,19);1H. The number of hydrogen-bond donors (Lipinski definition) is 2. The van der Waals surface area contributed by atoms with Crippen molar-refractivity contribution in [3.8, 4) is 11.5 Å². The molecule has 0 aliphatic carbocycles. The fourth-order valence-electron chi connectivity index (χ4n) is 2.02. The lowest BCUT2D eigenvalue weighted by Crippen LogP contribution is -2.22. The molecule has 0 unspecified atom stereocenters. The predicted molar refractivity (Wildman–Crippen MR) is 108 cm³/mol. The van der Waals surface area contributed by atoms with Crippen molar-refractivity contribution in [3.63, 3.8) is 0 Å². The van der Waals surface area contributed by atoms with Crippen molar-refractivity contribution in [2.45, 2.75) is 13.0 Å². The number of anilines is 1. The Morgan fingerprint density at radius 1 is 1.26 bits per heavy atom. The fraction of sp³-hybridized carbons (Fsp3) is 0.267. The Morgan fingerprint density at radius 2 is 2.04 bits per heavy atom. The number of halogens is 2. The summed E-state index contributed by atoms with van der Waals surface area (Å²) in [5.41, 5.74) is 6.76. The maximum Gasteiger partial charge on any atom is 0.193 e. The van der Waals surface area contributed by atoms with Gasteiger partial charge in [0.05, 0.1) is 19.8 Å². The monoisotopic (exact) mass is 509 g/mol. The lowest BCUT2D eigenvalue weighted by molar-refractivity contribution is 0.297. The maximum absolute atomic E-state index is 5.94. The molecule has 0 atom stereocenters. The van der Waals surface area contributed by atoms with Crippen molar-refractivity contribution in [1.82, 2.24) is 0 Å². The van der Waals surface area contributed by atoms with E-state index in [9.17, 15) is 0 Å². The third-order valence-corrected chi connectivity index (χ3v) is 5.02. The summed E-state index contributed by atoms with van der Waals surface area (Å²) < 4.78 is 12.3. The summed E-state index contributed by atoms with van der Waals surface area (Å²) in [6, 6.07) is 7.66. The van der Waals surface area contributed by atoms with Gasteiger partial charge in [-0.05, 0) is 39.5 Å². The van der Waals surface area contributed by atoms with Crippen LogP contribution in [0.4, 0.5) is 5.69 Å². The van der Waals surface area contributed by atoms with E-state index in [1.165, 1.54) is 0 Å². The number of aliphatic imine (C=N–C) groups is 1. The van der Waals surface area contributed by atoms with Crippen LogP contribution in [0.3, 0.4) is 0 Å². The van der Waals surface area contributed by atoms with Gasteiger partial charge in [0.25, 0.3) is 0 Å². The van der Waals surface area contributed by atoms with Crippen LogP contribution in [0, 0.1) is 0 Å². The summed E-state index contributed by atoms with van der Waals surface area (Å²) in [6.07, 6.45) is 0.886. The van der Waals surface area contributed by atoms with Gasteiger partial charge in [-0.2, -0.15) is 0 Å². The minimum atomic E-state index is 0. The SMILES string of the molecule is I.NC(=NCc1sccc1Br)Nc1ccc2c(c1)OCCCO2. The van der Waals surface area contributed by atoms with E-state index < -0.39 is 0 Å². The van der Waals surface area contributed by atoms with Crippen molar-refractivity contribution < 1.29 is 9.47 Å². The Hall–Kier alpha value is -1.00. The van der Waals surface area contributed by atoms with Crippen LogP contribution in [-0.2, 0) is 6.54 Å². The highest BCUT2D eigenvalue weighted by atomic mass is 127. The minimum Gasteiger partial charge on any atom is -0.490 e. The summed E-state index contributed by atoms with van der Waals surface area (Å²) >= 11 is 5.13. The van der Waals surface area contributed by atoms with Gasteiger partial charge in [-0.25, -0.2) is 4.99 Å². The highest BCUT2D eigenvalue weighted by Crippen LogP contribution is 2.32. The molecule has 3 rings (SSSR count). The Kier molecular flexibility index (Phi) is 6.97. The summed E-state index contributed by atoms with van der Waals surface area (Å²) in [4.78, 5) is 5.49. The van der Waals surface area contributed by atoms with Crippen LogP contribution in [0.15, 0.2) is 39.1 Å². The number of ether oxygens (including phenoxy) is 2. The third kappa shape index (κ3) is 4.98. The van der Waals surface area contributed by atoms with Crippen molar-refractivity contribution >= 4 is 62.9 Å². The number of benzene rings is 1. The largest absolute Gasteiger partial charge is 0.490 e. The van der Waals surface area contributed by atoms with Gasteiger partial charge in [0.15, 0.2) is 17.5 Å². The molecule has 0 amide bonds. The molecule has 1 aliphatic rings. The molecule has 8 heteroatoms. The van der Waals surface area contributed by atoms with Crippen LogP contribution >= 0.6 is 51.2 Å². The molecular weight excluding hydrogens is 493 g/mol. The van der Waals surface area contributed by atoms with Gasteiger partial charge in [-0.15, -0.1) is 35.3 Å². The molecule has 0 saturated carbocycles. The zero-order valence-electron chi connectivity index (χ0n) is 12.3. The van der Waals surface area contributed by atoms with E-state index in [2.05, 4.69) is 26.2 Å². The first kappa shape index (κ1) is 18.3. The summed E-state index contributed by atoms with van der Waals surface area (Å²) in [6.45, 7) is 1.88. The van der Waals surface area contributed by atoms with Crippen molar-refractivity contribution in [2.24, 2.45) is 10.7 Å². The van der Waals surface area contributed by atoms with E-state index in [4.69, 9.17) is 15.2 Å². The number of hydrogen-bond acceptors (Lipinski definition) is 4.